The number of hydrogen-bond donors (Lipinski definition) is 2. The van der Waals surface area contributed by atoms with Crippen LogP contribution in [0, 0.1) is 25.7 Å². The van der Waals surface area contributed by atoms with Gasteiger partial charge in [-0.3, -0.25) is 0 Å². The predicted octanol–water partition coefficient (Wildman–Crippen LogP) is 1.42. The molecule has 3 saturated heterocycles. The number of hydrogen-bond acceptors (Lipinski definition) is 4. The summed E-state index contributed by atoms with van der Waals surface area (Å²) in [5.41, 5.74) is 2.05. The highest BCUT2D eigenvalue weighted by atomic mass is 32.2. The van der Waals surface area contributed by atoms with E-state index in [1.807, 2.05) is 32.0 Å². The summed E-state index contributed by atoms with van der Waals surface area (Å²) in [4.78, 5) is 0.514. The van der Waals surface area contributed by atoms with Crippen LogP contribution in [-0.2, 0) is 9.84 Å². The van der Waals surface area contributed by atoms with Crippen molar-refractivity contribution in [3.8, 4) is 0 Å². The highest BCUT2D eigenvalue weighted by Gasteiger charge is 2.51. The molecule has 1 unspecified atom stereocenters. The molecule has 5 atom stereocenters. The van der Waals surface area contributed by atoms with Crippen LogP contribution in [0.15, 0.2) is 23.1 Å². The number of fused-ring (bicyclic) bond motifs is 5. The average Bonchev–Trinajstić information content (AvgIpc) is 3.02. The zero-order chi connectivity index (χ0) is 15.5. The van der Waals surface area contributed by atoms with Gasteiger partial charge in [-0.1, -0.05) is 6.07 Å². The van der Waals surface area contributed by atoms with E-state index in [9.17, 15) is 8.42 Å². The Morgan fingerprint density at radius 1 is 0.955 bits per heavy atom. The van der Waals surface area contributed by atoms with Gasteiger partial charge in [0.1, 0.15) is 0 Å². The van der Waals surface area contributed by atoms with Crippen LogP contribution in [0.2, 0.25) is 0 Å². The normalized spacial score (nSPS) is 37.3. The molecule has 1 aromatic rings. The maximum absolute atomic E-state index is 13.1. The topological polar surface area (TPSA) is 58.2 Å². The second-order valence-electron chi connectivity index (χ2n) is 7.33. The lowest BCUT2D eigenvalue weighted by Gasteiger charge is -2.31. The third-order valence-electron chi connectivity index (χ3n) is 5.77. The van der Waals surface area contributed by atoms with Gasteiger partial charge in [-0.15, -0.1) is 0 Å². The minimum absolute atomic E-state index is 0.226. The zero-order valence-electron chi connectivity index (χ0n) is 13.2. The summed E-state index contributed by atoms with van der Waals surface area (Å²) < 4.78 is 26.2. The largest absolute Gasteiger partial charge is 0.316 e. The van der Waals surface area contributed by atoms with Crippen molar-refractivity contribution in [2.75, 3.05) is 13.1 Å². The molecule has 1 aromatic carbocycles. The molecule has 2 bridgehead atoms. The van der Waals surface area contributed by atoms with E-state index in [-0.39, 0.29) is 5.25 Å². The molecular formula is C17H24N2O2S. The molecule has 0 radical (unpaired) electrons. The fourth-order valence-electron chi connectivity index (χ4n) is 4.81. The van der Waals surface area contributed by atoms with Gasteiger partial charge in [0.25, 0.3) is 0 Å². The van der Waals surface area contributed by atoms with Gasteiger partial charge in [0.05, 0.1) is 10.1 Å². The van der Waals surface area contributed by atoms with Gasteiger partial charge in [0.15, 0.2) is 9.84 Å². The van der Waals surface area contributed by atoms with Gasteiger partial charge in [0.2, 0.25) is 0 Å². The molecule has 0 aromatic heterocycles. The molecule has 4 rings (SSSR count). The van der Waals surface area contributed by atoms with Crippen LogP contribution in [0.1, 0.15) is 24.0 Å². The van der Waals surface area contributed by atoms with Crippen molar-refractivity contribution in [1.29, 1.82) is 0 Å². The summed E-state index contributed by atoms with van der Waals surface area (Å²) >= 11 is 0. The SMILES string of the molecule is Cc1cc(C)cc(S(=O)(=O)C2C[C@@H]3N[C@H](C2)[C@@H]2CNC[C@@H]23)c1. The fourth-order valence-corrected chi connectivity index (χ4v) is 6.82. The minimum Gasteiger partial charge on any atom is -0.316 e. The van der Waals surface area contributed by atoms with Crippen molar-refractivity contribution in [2.45, 2.75) is 48.9 Å². The molecule has 0 amide bonds. The molecule has 0 spiro atoms. The molecule has 3 aliphatic heterocycles. The Hall–Kier alpha value is -0.910. The lowest BCUT2D eigenvalue weighted by Crippen LogP contribution is -2.47. The minimum atomic E-state index is -3.22. The summed E-state index contributed by atoms with van der Waals surface area (Å²) in [6.07, 6.45) is 1.52. The zero-order valence-corrected chi connectivity index (χ0v) is 14.0. The van der Waals surface area contributed by atoms with Gasteiger partial charge in [-0.25, -0.2) is 8.42 Å². The van der Waals surface area contributed by atoms with Gasteiger partial charge < -0.3 is 10.6 Å². The molecule has 0 saturated carbocycles. The number of rotatable bonds is 2. The van der Waals surface area contributed by atoms with E-state index in [1.54, 1.807) is 0 Å². The molecule has 3 aliphatic rings. The predicted molar refractivity (Wildman–Crippen MR) is 86.7 cm³/mol. The van der Waals surface area contributed by atoms with Crippen LogP contribution >= 0.6 is 0 Å². The summed E-state index contributed by atoms with van der Waals surface area (Å²) in [7, 11) is -3.22. The monoisotopic (exact) mass is 320 g/mol. The molecule has 22 heavy (non-hydrogen) atoms. The maximum atomic E-state index is 13.1. The molecule has 3 heterocycles. The average molecular weight is 320 g/mol. The van der Waals surface area contributed by atoms with Gasteiger partial charge in [-0.2, -0.15) is 0 Å². The van der Waals surface area contributed by atoms with Crippen LogP contribution < -0.4 is 10.6 Å². The van der Waals surface area contributed by atoms with Crippen molar-refractivity contribution < 1.29 is 8.42 Å². The Labute approximate surface area is 132 Å². The van der Waals surface area contributed by atoms with E-state index >= 15 is 0 Å². The standard InChI is InChI=1S/C17H24N2O2S/c1-10-3-11(2)5-12(4-10)22(20,21)13-6-16-14-8-18-9-15(14)17(7-13)19-16/h3-5,13-19H,6-9H2,1-2H3/t13?,14-,15+,16-,17+. The van der Waals surface area contributed by atoms with E-state index in [1.165, 1.54) is 0 Å². The smallest absolute Gasteiger partial charge is 0.181 e. The molecule has 120 valence electrons. The first-order valence-electron chi connectivity index (χ1n) is 8.24. The molecule has 3 fully saturated rings. The second-order valence-corrected chi connectivity index (χ2v) is 9.56. The first kappa shape index (κ1) is 14.7. The van der Waals surface area contributed by atoms with E-state index in [4.69, 9.17) is 0 Å². The Balaban J connectivity index is 1.64. The van der Waals surface area contributed by atoms with Crippen molar-refractivity contribution >= 4 is 9.84 Å². The van der Waals surface area contributed by atoms with Gasteiger partial charge in [0, 0.05) is 12.1 Å². The van der Waals surface area contributed by atoms with Crippen molar-refractivity contribution in [1.82, 2.24) is 10.6 Å². The van der Waals surface area contributed by atoms with Crippen LogP contribution in [0.5, 0.6) is 0 Å². The molecular weight excluding hydrogens is 296 g/mol. The molecule has 2 N–H and O–H groups in total. The third kappa shape index (κ3) is 2.22. The first-order chi connectivity index (χ1) is 10.4. The Morgan fingerprint density at radius 2 is 1.50 bits per heavy atom. The van der Waals surface area contributed by atoms with E-state index in [2.05, 4.69) is 10.6 Å². The highest BCUT2D eigenvalue weighted by Crippen LogP contribution is 2.41. The number of aryl methyl sites for hydroxylation is 2. The summed E-state index contributed by atoms with van der Waals surface area (Å²) in [5.74, 6) is 1.23. The molecule has 5 heteroatoms. The van der Waals surface area contributed by atoms with Crippen LogP contribution in [0.4, 0.5) is 0 Å². The number of nitrogens with one attached hydrogen (secondary N) is 2. The molecule has 4 nitrogen and oxygen atoms in total. The van der Waals surface area contributed by atoms with E-state index in [0.29, 0.717) is 28.8 Å². The van der Waals surface area contributed by atoms with Crippen LogP contribution in [0.25, 0.3) is 0 Å². The third-order valence-corrected chi connectivity index (χ3v) is 7.92. The summed E-state index contributed by atoms with van der Waals surface area (Å²) in [6, 6.07) is 6.42. The van der Waals surface area contributed by atoms with E-state index in [0.717, 1.165) is 37.1 Å². The second kappa shape index (κ2) is 5.05. The summed E-state index contributed by atoms with van der Waals surface area (Å²) in [5, 5.41) is 6.90. The quantitative estimate of drug-likeness (QED) is 0.865. The fraction of sp³-hybridized carbons (Fsp3) is 0.647. The summed E-state index contributed by atoms with van der Waals surface area (Å²) in [6.45, 7) is 6.01. The van der Waals surface area contributed by atoms with Gasteiger partial charge in [-0.05, 0) is 74.9 Å². The van der Waals surface area contributed by atoms with Crippen molar-refractivity contribution in [2.24, 2.45) is 11.8 Å². The number of piperidine rings is 1. The Morgan fingerprint density at radius 3 is 2.05 bits per heavy atom. The number of sulfone groups is 1. The van der Waals surface area contributed by atoms with Crippen molar-refractivity contribution in [3.63, 3.8) is 0 Å². The lowest BCUT2D eigenvalue weighted by molar-refractivity contribution is 0.361. The van der Waals surface area contributed by atoms with Crippen molar-refractivity contribution in [3.05, 3.63) is 29.3 Å². The Kier molecular flexibility index (Phi) is 3.36. The lowest BCUT2D eigenvalue weighted by atomic mass is 9.92. The maximum Gasteiger partial charge on any atom is 0.181 e. The van der Waals surface area contributed by atoms with E-state index < -0.39 is 9.84 Å². The highest BCUT2D eigenvalue weighted by molar-refractivity contribution is 7.92. The van der Waals surface area contributed by atoms with Crippen LogP contribution in [0.3, 0.4) is 0 Å². The number of benzene rings is 1. The first-order valence-corrected chi connectivity index (χ1v) is 9.79. The Bertz CT molecular complexity index is 662. The van der Waals surface area contributed by atoms with Crippen LogP contribution in [-0.4, -0.2) is 38.8 Å². The van der Waals surface area contributed by atoms with Gasteiger partial charge >= 0.3 is 0 Å². The molecule has 0 aliphatic carbocycles.